The Bertz CT molecular complexity index is 629. The van der Waals surface area contributed by atoms with Crippen molar-refractivity contribution in [1.82, 2.24) is 14.8 Å². The zero-order valence-corrected chi connectivity index (χ0v) is 8.64. The molecule has 0 amide bonds. The number of aromatic amines is 2. The van der Waals surface area contributed by atoms with Crippen molar-refractivity contribution >= 4 is 0 Å². The van der Waals surface area contributed by atoms with Crippen molar-refractivity contribution in [2.45, 2.75) is 0 Å². The summed E-state index contributed by atoms with van der Waals surface area (Å²) in [6.07, 6.45) is 0. The molecule has 0 aliphatic rings. The molecule has 7 heteroatoms. The fourth-order valence-corrected chi connectivity index (χ4v) is 1.35. The van der Waals surface area contributed by atoms with Crippen molar-refractivity contribution < 1.29 is 4.74 Å². The molecule has 0 saturated carbocycles. The van der Waals surface area contributed by atoms with E-state index in [2.05, 4.69) is 10.2 Å². The zero-order chi connectivity index (χ0) is 12.3. The molecular weight excluding hydrogens is 224 g/mol. The largest absolute Gasteiger partial charge is 0.479 e. The van der Waals surface area contributed by atoms with Gasteiger partial charge in [0.2, 0.25) is 0 Å². The van der Waals surface area contributed by atoms with Crippen LogP contribution in [0, 0.1) is 11.3 Å². The number of nitrogens with zero attached hydrogens (tertiary/aromatic N) is 2. The van der Waals surface area contributed by atoms with Crippen LogP contribution in [0.1, 0.15) is 0 Å². The van der Waals surface area contributed by atoms with E-state index in [0.717, 1.165) is 4.57 Å². The van der Waals surface area contributed by atoms with Gasteiger partial charge in [-0.25, -0.2) is 24.4 Å². The molecule has 2 N–H and O–H groups in total. The Morgan fingerprint density at radius 3 is 2.29 bits per heavy atom. The van der Waals surface area contributed by atoms with E-state index in [0.29, 0.717) is 11.4 Å². The Labute approximate surface area is 94.9 Å². The third-order valence-corrected chi connectivity index (χ3v) is 2.08. The van der Waals surface area contributed by atoms with Crippen molar-refractivity contribution in [2.24, 2.45) is 0 Å². The first kappa shape index (κ1) is 10.8. The SMILES string of the molecule is N#CCOc1ccc(-n2c(=O)[nH][nH]c2=O)cc1. The van der Waals surface area contributed by atoms with Crippen LogP contribution in [0.15, 0.2) is 33.9 Å². The highest BCUT2D eigenvalue weighted by Gasteiger charge is 2.05. The number of rotatable bonds is 3. The molecule has 0 radical (unpaired) electrons. The van der Waals surface area contributed by atoms with Crippen molar-refractivity contribution in [2.75, 3.05) is 6.61 Å². The van der Waals surface area contributed by atoms with Crippen LogP contribution in [-0.2, 0) is 0 Å². The summed E-state index contributed by atoms with van der Waals surface area (Å²) in [5.41, 5.74) is -0.664. The average Bonchev–Trinajstić information content (AvgIpc) is 2.67. The summed E-state index contributed by atoms with van der Waals surface area (Å²) in [6, 6.07) is 8.09. The number of nitrogens with one attached hydrogen (secondary N) is 2. The predicted octanol–water partition coefficient (Wildman–Crippen LogP) is -0.244. The van der Waals surface area contributed by atoms with E-state index in [1.807, 2.05) is 6.07 Å². The normalized spacial score (nSPS) is 9.82. The standard InChI is InChI=1S/C10H8N4O3/c11-5-6-17-8-3-1-7(2-4-8)14-9(15)12-13-10(14)16/h1-4H,6H2,(H,12,15)(H,13,16). The lowest BCUT2D eigenvalue weighted by Gasteiger charge is -2.02. The molecule has 0 atom stereocenters. The molecule has 0 aliphatic heterocycles. The first-order valence-corrected chi connectivity index (χ1v) is 4.72. The van der Waals surface area contributed by atoms with Gasteiger partial charge in [0.15, 0.2) is 6.61 Å². The molecular formula is C10H8N4O3. The molecule has 86 valence electrons. The fourth-order valence-electron chi connectivity index (χ4n) is 1.35. The van der Waals surface area contributed by atoms with Crippen LogP contribution in [-0.4, -0.2) is 21.4 Å². The van der Waals surface area contributed by atoms with Crippen LogP contribution in [0.4, 0.5) is 0 Å². The summed E-state index contributed by atoms with van der Waals surface area (Å²) in [6.45, 7) is -0.0516. The van der Waals surface area contributed by atoms with Gasteiger partial charge in [-0.15, -0.1) is 0 Å². The van der Waals surface area contributed by atoms with E-state index < -0.39 is 11.4 Å². The van der Waals surface area contributed by atoms with E-state index >= 15 is 0 Å². The highest BCUT2D eigenvalue weighted by Crippen LogP contribution is 2.12. The maximum absolute atomic E-state index is 11.3. The lowest BCUT2D eigenvalue weighted by molar-refractivity contribution is 0.368. The Morgan fingerprint density at radius 1 is 1.18 bits per heavy atom. The van der Waals surface area contributed by atoms with Crippen LogP contribution in [0.5, 0.6) is 5.75 Å². The predicted molar refractivity (Wildman–Crippen MR) is 58.1 cm³/mol. The third kappa shape index (κ3) is 2.10. The summed E-state index contributed by atoms with van der Waals surface area (Å²) >= 11 is 0. The molecule has 0 saturated heterocycles. The minimum absolute atomic E-state index is 0.0516. The first-order valence-electron chi connectivity index (χ1n) is 4.72. The van der Waals surface area contributed by atoms with Crippen LogP contribution in [0.25, 0.3) is 5.69 Å². The highest BCUT2D eigenvalue weighted by molar-refractivity contribution is 5.37. The molecule has 0 fully saturated rings. The minimum atomic E-state index is -0.541. The summed E-state index contributed by atoms with van der Waals surface area (Å²) in [7, 11) is 0. The van der Waals surface area contributed by atoms with Gasteiger partial charge in [0, 0.05) is 0 Å². The van der Waals surface area contributed by atoms with E-state index in [4.69, 9.17) is 10.00 Å². The number of aromatic nitrogens is 3. The second-order valence-corrected chi connectivity index (χ2v) is 3.14. The van der Waals surface area contributed by atoms with Crippen molar-refractivity contribution in [3.05, 3.63) is 45.2 Å². The van der Waals surface area contributed by atoms with Gasteiger partial charge in [-0.2, -0.15) is 5.26 Å². The fraction of sp³-hybridized carbons (Fsp3) is 0.100. The number of ether oxygens (including phenoxy) is 1. The van der Waals surface area contributed by atoms with Gasteiger partial charge in [0.1, 0.15) is 11.8 Å². The van der Waals surface area contributed by atoms with Crippen LogP contribution in [0.3, 0.4) is 0 Å². The van der Waals surface area contributed by atoms with Crippen molar-refractivity contribution in [1.29, 1.82) is 5.26 Å². The Hall–Kier alpha value is -2.75. The van der Waals surface area contributed by atoms with Gasteiger partial charge in [-0.05, 0) is 24.3 Å². The van der Waals surface area contributed by atoms with Gasteiger partial charge in [0.05, 0.1) is 5.69 Å². The Morgan fingerprint density at radius 2 is 1.76 bits per heavy atom. The smallest absolute Gasteiger partial charge is 0.348 e. The number of hydrogen-bond donors (Lipinski definition) is 2. The maximum Gasteiger partial charge on any atom is 0.348 e. The molecule has 0 aliphatic carbocycles. The second-order valence-electron chi connectivity index (χ2n) is 3.14. The summed E-state index contributed by atoms with van der Waals surface area (Å²) in [5, 5.41) is 12.7. The van der Waals surface area contributed by atoms with E-state index in [-0.39, 0.29) is 6.61 Å². The van der Waals surface area contributed by atoms with Crippen LogP contribution >= 0.6 is 0 Å². The van der Waals surface area contributed by atoms with Gasteiger partial charge in [0.25, 0.3) is 0 Å². The van der Waals surface area contributed by atoms with Gasteiger partial charge >= 0.3 is 11.4 Å². The average molecular weight is 232 g/mol. The summed E-state index contributed by atoms with van der Waals surface area (Å²) in [5.74, 6) is 0.496. The molecule has 0 spiro atoms. The molecule has 17 heavy (non-hydrogen) atoms. The van der Waals surface area contributed by atoms with Crippen molar-refractivity contribution in [3.8, 4) is 17.5 Å². The third-order valence-electron chi connectivity index (χ3n) is 2.08. The molecule has 1 aromatic heterocycles. The molecule has 0 bridgehead atoms. The molecule has 2 aromatic rings. The van der Waals surface area contributed by atoms with Crippen LogP contribution < -0.4 is 16.1 Å². The monoisotopic (exact) mass is 232 g/mol. The highest BCUT2D eigenvalue weighted by atomic mass is 16.5. The Balaban J connectivity index is 2.34. The topological polar surface area (TPSA) is 104 Å². The first-order chi connectivity index (χ1) is 8.22. The quantitative estimate of drug-likeness (QED) is 0.761. The minimum Gasteiger partial charge on any atom is -0.479 e. The summed E-state index contributed by atoms with van der Waals surface area (Å²) in [4.78, 5) is 22.6. The lowest BCUT2D eigenvalue weighted by Crippen LogP contribution is -2.24. The van der Waals surface area contributed by atoms with Gasteiger partial charge in [-0.3, -0.25) is 0 Å². The Kier molecular flexibility index (Phi) is 2.79. The van der Waals surface area contributed by atoms with E-state index in [9.17, 15) is 9.59 Å². The number of H-pyrrole nitrogens is 2. The van der Waals surface area contributed by atoms with E-state index in [1.54, 1.807) is 24.3 Å². The number of hydrogen-bond acceptors (Lipinski definition) is 4. The maximum atomic E-state index is 11.3. The van der Waals surface area contributed by atoms with E-state index in [1.165, 1.54) is 0 Å². The van der Waals surface area contributed by atoms with Gasteiger partial charge < -0.3 is 4.74 Å². The van der Waals surface area contributed by atoms with Crippen molar-refractivity contribution in [3.63, 3.8) is 0 Å². The van der Waals surface area contributed by atoms with Crippen LogP contribution in [0.2, 0.25) is 0 Å². The molecule has 1 heterocycles. The molecule has 7 nitrogen and oxygen atoms in total. The zero-order valence-electron chi connectivity index (χ0n) is 8.64. The molecule has 2 rings (SSSR count). The number of nitriles is 1. The van der Waals surface area contributed by atoms with Gasteiger partial charge in [-0.1, -0.05) is 0 Å². The summed E-state index contributed by atoms with van der Waals surface area (Å²) < 4.78 is 6.00. The second kappa shape index (κ2) is 4.40. The molecule has 1 aromatic carbocycles. The molecule has 0 unspecified atom stereocenters. The lowest BCUT2D eigenvalue weighted by atomic mass is 10.3. The number of benzene rings is 1.